The van der Waals surface area contributed by atoms with Crippen molar-refractivity contribution >= 4 is 5.97 Å². The van der Waals surface area contributed by atoms with Crippen LogP contribution in [0.1, 0.15) is 27.9 Å². The van der Waals surface area contributed by atoms with Gasteiger partial charge < -0.3 is 20.2 Å². The van der Waals surface area contributed by atoms with Crippen molar-refractivity contribution in [3.63, 3.8) is 0 Å². The standard InChI is InChI=1S/C10H9N3O3/c11-5-2-6-8(13-3-12-6)9-4(5)1-7(16-9)10(14)15/h1,3,5H,2,11H2,(H,12,13)(H,14,15). The van der Waals surface area contributed by atoms with Gasteiger partial charge in [-0.25, -0.2) is 9.78 Å². The fourth-order valence-corrected chi connectivity index (χ4v) is 1.97. The third-order valence-corrected chi connectivity index (χ3v) is 2.73. The SMILES string of the molecule is NC1Cc2[nH]cnc2-c2oc(C(=O)O)cc21. The van der Waals surface area contributed by atoms with E-state index in [9.17, 15) is 4.79 Å². The Morgan fingerprint density at radius 3 is 3.25 bits per heavy atom. The maximum Gasteiger partial charge on any atom is 0.371 e. The molecule has 16 heavy (non-hydrogen) atoms. The van der Waals surface area contributed by atoms with E-state index in [1.54, 1.807) is 6.33 Å². The van der Waals surface area contributed by atoms with E-state index in [1.807, 2.05) is 0 Å². The summed E-state index contributed by atoms with van der Waals surface area (Å²) in [6, 6.07) is 1.22. The molecule has 3 rings (SSSR count). The van der Waals surface area contributed by atoms with Gasteiger partial charge in [-0.2, -0.15) is 0 Å². The minimum Gasteiger partial charge on any atom is -0.475 e. The van der Waals surface area contributed by atoms with Gasteiger partial charge in [-0.1, -0.05) is 0 Å². The number of aromatic nitrogens is 2. The van der Waals surface area contributed by atoms with Gasteiger partial charge in [0, 0.05) is 23.7 Å². The molecule has 6 heteroatoms. The van der Waals surface area contributed by atoms with Crippen LogP contribution in [0.2, 0.25) is 0 Å². The number of rotatable bonds is 1. The second-order valence-electron chi connectivity index (χ2n) is 3.74. The summed E-state index contributed by atoms with van der Waals surface area (Å²) in [6.07, 6.45) is 2.16. The Hall–Kier alpha value is -2.08. The van der Waals surface area contributed by atoms with Crippen LogP contribution in [0.4, 0.5) is 0 Å². The largest absolute Gasteiger partial charge is 0.475 e. The quantitative estimate of drug-likeness (QED) is 0.661. The molecule has 1 aliphatic carbocycles. The summed E-state index contributed by atoms with van der Waals surface area (Å²) in [5, 5.41) is 8.86. The zero-order valence-electron chi connectivity index (χ0n) is 8.23. The van der Waals surface area contributed by atoms with Crippen molar-refractivity contribution < 1.29 is 14.3 Å². The number of nitrogens with zero attached hydrogens (tertiary/aromatic N) is 1. The molecule has 0 saturated carbocycles. The van der Waals surface area contributed by atoms with Crippen LogP contribution in [0.3, 0.4) is 0 Å². The van der Waals surface area contributed by atoms with E-state index in [0.717, 1.165) is 5.69 Å². The number of carbonyl (C=O) groups is 1. The molecule has 0 saturated heterocycles. The van der Waals surface area contributed by atoms with Crippen LogP contribution < -0.4 is 5.73 Å². The highest BCUT2D eigenvalue weighted by Gasteiger charge is 2.29. The zero-order valence-corrected chi connectivity index (χ0v) is 8.23. The summed E-state index contributed by atoms with van der Waals surface area (Å²) >= 11 is 0. The summed E-state index contributed by atoms with van der Waals surface area (Å²) in [7, 11) is 0. The summed E-state index contributed by atoms with van der Waals surface area (Å²) < 4.78 is 5.26. The number of nitrogens with two attached hydrogens (primary N) is 1. The van der Waals surface area contributed by atoms with Gasteiger partial charge in [-0.05, 0) is 6.07 Å². The Morgan fingerprint density at radius 2 is 2.50 bits per heavy atom. The Balaban J connectivity index is 2.23. The Bertz CT molecular complexity index is 570. The van der Waals surface area contributed by atoms with Gasteiger partial charge in [-0.3, -0.25) is 0 Å². The highest BCUT2D eigenvalue weighted by atomic mass is 16.4. The van der Waals surface area contributed by atoms with E-state index < -0.39 is 5.97 Å². The Kier molecular flexibility index (Phi) is 1.69. The summed E-state index contributed by atoms with van der Waals surface area (Å²) in [5.41, 5.74) is 8.18. The van der Waals surface area contributed by atoms with Crippen LogP contribution in [-0.2, 0) is 6.42 Å². The van der Waals surface area contributed by atoms with Gasteiger partial charge in [0.2, 0.25) is 5.76 Å². The maximum absolute atomic E-state index is 10.8. The molecule has 1 aliphatic rings. The lowest BCUT2D eigenvalue weighted by molar-refractivity contribution is 0.0663. The predicted octanol–water partition coefficient (Wildman–Crippen LogP) is 0.924. The smallest absolute Gasteiger partial charge is 0.371 e. The molecule has 0 spiro atoms. The number of imidazole rings is 1. The lowest BCUT2D eigenvalue weighted by Gasteiger charge is -2.16. The first-order valence-electron chi connectivity index (χ1n) is 4.82. The van der Waals surface area contributed by atoms with E-state index in [4.69, 9.17) is 15.3 Å². The van der Waals surface area contributed by atoms with Crippen LogP contribution in [0.5, 0.6) is 0 Å². The van der Waals surface area contributed by atoms with Gasteiger partial charge >= 0.3 is 5.97 Å². The van der Waals surface area contributed by atoms with Gasteiger partial charge in [0.25, 0.3) is 0 Å². The van der Waals surface area contributed by atoms with Crippen molar-refractivity contribution in [1.29, 1.82) is 0 Å². The van der Waals surface area contributed by atoms with Crippen molar-refractivity contribution in [2.24, 2.45) is 5.73 Å². The first kappa shape index (κ1) is 9.17. The molecule has 1 unspecified atom stereocenters. The van der Waals surface area contributed by atoms with Crippen molar-refractivity contribution in [3.8, 4) is 11.5 Å². The highest BCUT2D eigenvalue weighted by molar-refractivity contribution is 5.86. The molecule has 2 aromatic rings. The molecule has 0 radical (unpaired) electrons. The lowest BCUT2D eigenvalue weighted by atomic mass is 9.95. The fraction of sp³-hybridized carbons (Fsp3) is 0.200. The number of aromatic carboxylic acids is 1. The molecule has 0 bridgehead atoms. The van der Waals surface area contributed by atoms with Gasteiger partial charge in [0.1, 0.15) is 5.69 Å². The second-order valence-corrected chi connectivity index (χ2v) is 3.74. The molecule has 0 aliphatic heterocycles. The third-order valence-electron chi connectivity index (χ3n) is 2.73. The Labute approximate surface area is 90.1 Å². The fourth-order valence-electron chi connectivity index (χ4n) is 1.97. The van der Waals surface area contributed by atoms with Gasteiger partial charge in [0.05, 0.1) is 6.33 Å². The van der Waals surface area contributed by atoms with E-state index in [-0.39, 0.29) is 11.8 Å². The van der Waals surface area contributed by atoms with E-state index in [2.05, 4.69) is 9.97 Å². The average Bonchev–Trinajstić information content (AvgIpc) is 2.80. The van der Waals surface area contributed by atoms with Gasteiger partial charge in [-0.15, -0.1) is 0 Å². The van der Waals surface area contributed by atoms with E-state index >= 15 is 0 Å². The highest BCUT2D eigenvalue weighted by Crippen LogP contribution is 2.37. The molecule has 4 N–H and O–H groups in total. The van der Waals surface area contributed by atoms with Crippen molar-refractivity contribution in [2.75, 3.05) is 0 Å². The normalized spacial score (nSPS) is 17.9. The molecule has 6 nitrogen and oxygen atoms in total. The van der Waals surface area contributed by atoms with Crippen LogP contribution in [0.25, 0.3) is 11.5 Å². The predicted molar refractivity (Wildman–Crippen MR) is 53.9 cm³/mol. The third kappa shape index (κ3) is 1.10. The average molecular weight is 219 g/mol. The molecule has 0 fully saturated rings. The van der Waals surface area contributed by atoms with Crippen molar-refractivity contribution in [3.05, 3.63) is 29.4 Å². The van der Waals surface area contributed by atoms with Crippen LogP contribution in [-0.4, -0.2) is 21.0 Å². The number of hydrogen-bond donors (Lipinski definition) is 3. The molecule has 82 valence electrons. The number of H-pyrrole nitrogens is 1. The molecule has 0 aromatic carbocycles. The zero-order chi connectivity index (χ0) is 11.3. The van der Waals surface area contributed by atoms with E-state index in [0.29, 0.717) is 23.4 Å². The molecule has 2 aromatic heterocycles. The number of fused-ring (bicyclic) bond motifs is 3. The number of carboxylic acid groups (broad SMARTS) is 1. The van der Waals surface area contributed by atoms with Crippen LogP contribution >= 0.6 is 0 Å². The minimum atomic E-state index is -1.10. The number of carboxylic acids is 1. The summed E-state index contributed by atoms with van der Waals surface area (Å²) in [6.45, 7) is 0. The molecule has 1 atom stereocenters. The van der Waals surface area contributed by atoms with E-state index in [1.165, 1.54) is 6.07 Å². The molecular weight excluding hydrogens is 210 g/mol. The van der Waals surface area contributed by atoms with Crippen molar-refractivity contribution in [2.45, 2.75) is 12.5 Å². The molecule has 0 amide bonds. The number of nitrogens with one attached hydrogen (secondary N) is 1. The minimum absolute atomic E-state index is 0.101. The summed E-state index contributed by atoms with van der Waals surface area (Å²) in [5.74, 6) is -0.734. The lowest BCUT2D eigenvalue weighted by Crippen LogP contribution is -2.17. The van der Waals surface area contributed by atoms with Crippen LogP contribution in [0.15, 0.2) is 16.8 Å². The number of hydrogen-bond acceptors (Lipinski definition) is 4. The first-order valence-corrected chi connectivity index (χ1v) is 4.82. The molecule has 2 heterocycles. The number of aromatic amines is 1. The second kappa shape index (κ2) is 2.96. The number of furan rings is 1. The topological polar surface area (TPSA) is 105 Å². The molecular formula is C10H9N3O3. The van der Waals surface area contributed by atoms with Crippen molar-refractivity contribution in [1.82, 2.24) is 9.97 Å². The first-order chi connectivity index (χ1) is 7.66. The monoisotopic (exact) mass is 219 g/mol. The van der Waals surface area contributed by atoms with Gasteiger partial charge in [0.15, 0.2) is 5.76 Å². The maximum atomic E-state index is 10.8. The Morgan fingerprint density at radius 1 is 1.69 bits per heavy atom. The summed E-state index contributed by atoms with van der Waals surface area (Å²) in [4.78, 5) is 17.9. The van der Waals surface area contributed by atoms with Crippen LogP contribution in [0, 0.1) is 0 Å².